The number of ether oxygens (including phenoxy) is 1. The van der Waals surface area contributed by atoms with E-state index in [4.69, 9.17) is 4.74 Å². The van der Waals surface area contributed by atoms with Crippen molar-refractivity contribution in [2.75, 3.05) is 6.61 Å². The van der Waals surface area contributed by atoms with Gasteiger partial charge in [-0.05, 0) is 32.1 Å². The maximum atomic E-state index is 13.2. The minimum atomic E-state index is -0.634. The van der Waals surface area contributed by atoms with Crippen LogP contribution in [-0.2, 0) is 14.3 Å². The molecule has 1 spiro atoms. The Morgan fingerprint density at radius 3 is 2.48 bits per heavy atom. The first kappa shape index (κ1) is 14.8. The van der Waals surface area contributed by atoms with Crippen molar-refractivity contribution in [2.24, 2.45) is 5.92 Å². The largest absolute Gasteiger partial charge is 0.376 e. The number of nitrogens with one attached hydrogen (secondary N) is 1. The highest BCUT2D eigenvalue weighted by Crippen LogP contribution is 2.38. The molecule has 0 aromatic carbocycles. The number of hydrogen-bond donors (Lipinski definition) is 1. The molecule has 3 rings (SSSR count). The van der Waals surface area contributed by atoms with Gasteiger partial charge in [0.15, 0.2) is 0 Å². The third kappa shape index (κ3) is 2.26. The van der Waals surface area contributed by atoms with E-state index in [9.17, 15) is 9.59 Å². The van der Waals surface area contributed by atoms with Crippen molar-refractivity contribution in [1.82, 2.24) is 10.2 Å². The normalized spacial score (nSPS) is 35.8. The molecule has 0 aromatic heterocycles. The molecule has 2 aliphatic heterocycles. The van der Waals surface area contributed by atoms with Crippen LogP contribution in [0.4, 0.5) is 0 Å². The van der Waals surface area contributed by atoms with Gasteiger partial charge in [-0.2, -0.15) is 0 Å². The lowest BCUT2D eigenvalue weighted by atomic mass is 9.85. The van der Waals surface area contributed by atoms with E-state index in [2.05, 4.69) is 5.32 Å². The summed E-state index contributed by atoms with van der Waals surface area (Å²) in [7, 11) is 0. The van der Waals surface area contributed by atoms with Gasteiger partial charge in [-0.15, -0.1) is 0 Å². The fourth-order valence-electron chi connectivity index (χ4n) is 4.25. The number of piperazine rings is 1. The quantitative estimate of drug-likeness (QED) is 0.839. The first-order valence-electron chi connectivity index (χ1n) is 8.23. The van der Waals surface area contributed by atoms with E-state index in [1.54, 1.807) is 0 Å². The average molecular weight is 294 g/mol. The first-order chi connectivity index (χ1) is 9.96. The second-order valence-corrected chi connectivity index (χ2v) is 7.11. The standard InChI is InChI=1S/C16H26N2O3/c1-10(2)13-14(19)17-16(7-4-5-8-16)15(20)18(13)12-6-9-21-11(12)3/h10-13H,4-9H2,1-3H3,(H,17,19). The zero-order chi connectivity index (χ0) is 15.2. The van der Waals surface area contributed by atoms with Gasteiger partial charge in [0.1, 0.15) is 11.6 Å². The Kier molecular flexibility index (Phi) is 3.72. The molecule has 2 saturated heterocycles. The lowest BCUT2D eigenvalue weighted by Crippen LogP contribution is -2.72. The van der Waals surface area contributed by atoms with Crippen molar-refractivity contribution >= 4 is 11.8 Å². The molecule has 1 saturated carbocycles. The zero-order valence-electron chi connectivity index (χ0n) is 13.2. The van der Waals surface area contributed by atoms with Crippen molar-refractivity contribution in [3.8, 4) is 0 Å². The Morgan fingerprint density at radius 1 is 1.29 bits per heavy atom. The monoisotopic (exact) mass is 294 g/mol. The Bertz CT molecular complexity index is 443. The molecule has 3 aliphatic rings. The van der Waals surface area contributed by atoms with Crippen LogP contribution in [0.1, 0.15) is 52.9 Å². The summed E-state index contributed by atoms with van der Waals surface area (Å²) >= 11 is 0. The van der Waals surface area contributed by atoms with Crippen LogP contribution in [0.5, 0.6) is 0 Å². The number of rotatable bonds is 2. The topological polar surface area (TPSA) is 58.6 Å². The van der Waals surface area contributed by atoms with Crippen molar-refractivity contribution < 1.29 is 14.3 Å². The third-order valence-corrected chi connectivity index (χ3v) is 5.36. The number of hydrogen-bond acceptors (Lipinski definition) is 3. The average Bonchev–Trinajstić information content (AvgIpc) is 3.03. The van der Waals surface area contributed by atoms with Crippen molar-refractivity contribution in [1.29, 1.82) is 0 Å². The SMILES string of the molecule is CC(C)C1C(=O)NC2(CCCC2)C(=O)N1C1CCOC1C. The first-order valence-corrected chi connectivity index (χ1v) is 8.23. The fourth-order valence-corrected chi connectivity index (χ4v) is 4.25. The highest BCUT2D eigenvalue weighted by Gasteiger charge is 2.55. The molecule has 2 amide bonds. The molecular formula is C16H26N2O3. The van der Waals surface area contributed by atoms with Gasteiger partial charge >= 0.3 is 0 Å². The van der Waals surface area contributed by atoms with E-state index in [0.29, 0.717) is 6.61 Å². The minimum Gasteiger partial charge on any atom is -0.376 e. The summed E-state index contributed by atoms with van der Waals surface area (Å²) in [4.78, 5) is 27.8. The molecule has 21 heavy (non-hydrogen) atoms. The molecule has 0 aromatic rings. The molecular weight excluding hydrogens is 268 g/mol. The van der Waals surface area contributed by atoms with Crippen molar-refractivity contribution in [3.05, 3.63) is 0 Å². The van der Waals surface area contributed by atoms with Crippen LogP contribution < -0.4 is 5.32 Å². The van der Waals surface area contributed by atoms with E-state index in [-0.39, 0.29) is 35.9 Å². The van der Waals surface area contributed by atoms with Gasteiger partial charge in [0.05, 0.1) is 12.1 Å². The maximum Gasteiger partial charge on any atom is 0.249 e. The molecule has 3 atom stereocenters. The molecule has 118 valence electrons. The van der Waals surface area contributed by atoms with Gasteiger partial charge in [-0.3, -0.25) is 9.59 Å². The predicted octanol–water partition coefficient (Wildman–Crippen LogP) is 1.46. The van der Waals surface area contributed by atoms with Crippen LogP contribution in [-0.4, -0.2) is 47.0 Å². The lowest BCUT2D eigenvalue weighted by molar-refractivity contribution is -0.161. The van der Waals surface area contributed by atoms with Crippen LogP contribution in [0.25, 0.3) is 0 Å². The van der Waals surface area contributed by atoms with Gasteiger partial charge in [0, 0.05) is 6.61 Å². The smallest absolute Gasteiger partial charge is 0.249 e. The van der Waals surface area contributed by atoms with Crippen LogP contribution in [0, 0.1) is 5.92 Å². The highest BCUT2D eigenvalue weighted by atomic mass is 16.5. The fraction of sp³-hybridized carbons (Fsp3) is 0.875. The summed E-state index contributed by atoms with van der Waals surface area (Å²) < 4.78 is 5.66. The summed E-state index contributed by atoms with van der Waals surface area (Å²) in [5.74, 6) is 0.256. The highest BCUT2D eigenvalue weighted by molar-refractivity contribution is 6.00. The summed E-state index contributed by atoms with van der Waals surface area (Å²) in [6, 6.07) is -0.328. The molecule has 0 bridgehead atoms. The third-order valence-electron chi connectivity index (χ3n) is 5.36. The minimum absolute atomic E-state index is 0.0135. The molecule has 0 radical (unpaired) electrons. The number of nitrogens with zero attached hydrogens (tertiary/aromatic N) is 1. The van der Waals surface area contributed by atoms with Crippen LogP contribution in [0.15, 0.2) is 0 Å². The van der Waals surface area contributed by atoms with Crippen molar-refractivity contribution in [2.45, 2.75) is 76.6 Å². The van der Waals surface area contributed by atoms with Gasteiger partial charge in [-0.25, -0.2) is 0 Å². The lowest BCUT2D eigenvalue weighted by Gasteiger charge is -2.48. The van der Waals surface area contributed by atoms with Gasteiger partial charge in [0.25, 0.3) is 0 Å². The molecule has 5 nitrogen and oxygen atoms in total. The van der Waals surface area contributed by atoms with E-state index >= 15 is 0 Å². The van der Waals surface area contributed by atoms with Gasteiger partial charge < -0.3 is 15.0 Å². The van der Waals surface area contributed by atoms with Crippen molar-refractivity contribution in [3.63, 3.8) is 0 Å². The Balaban J connectivity index is 1.96. The number of amides is 2. The predicted molar refractivity (Wildman–Crippen MR) is 78.6 cm³/mol. The number of carbonyl (C=O) groups excluding carboxylic acids is 2. The number of carbonyl (C=O) groups is 2. The Labute approximate surface area is 126 Å². The summed E-state index contributed by atoms with van der Waals surface area (Å²) in [5, 5.41) is 3.07. The second kappa shape index (κ2) is 5.27. The Morgan fingerprint density at radius 2 is 1.95 bits per heavy atom. The Hall–Kier alpha value is -1.10. The van der Waals surface area contributed by atoms with Crippen LogP contribution >= 0.6 is 0 Å². The molecule has 1 N–H and O–H groups in total. The van der Waals surface area contributed by atoms with E-state index in [1.165, 1.54) is 0 Å². The maximum absolute atomic E-state index is 13.2. The second-order valence-electron chi connectivity index (χ2n) is 7.11. The van der Waals surface area contributed by atoms with Crippen LogP contribution in [0.2, 0.25) is 0 Å². The molecule has 3 fully saturated rings. The van der Waals surface area contributed by atoms with E-state index in [1.807, 2.05) is 25.7 Å². The molecule has 3 unspecified atom stereocenters. The molecule has 2 heterocycles. The summed E-state index contributed by atoms with van der Waals surface area (Å²) in [6.07, 6.45) is 4.44. The van der Waals surface area contributed by atoms with E-state index in [0.717, 1.165) is 32.1 Å². The molecule has 1 aliphatic carbocycles. The van der Waals surface area contributed by atoms with Gasteiger partial charge in [-0.1, -0.05) is 26.7 Å². The zero-order valence-corrected chi connectivity index (χ0v) is 13.2. The van der Waals surface area contributed by atoms with Gasteiger partial charge in [0.2, 0.25) is 11.8 Å². The summed E-state index contributed by atoms with van der Waals surface area (Å²) in [5.41, 5.74) is -0.634. The van der Waals surface area contributed by atoms with E-state index < -0.39 is 5.54 Å². The van der Waals surface area contributed by atoms with Crippen LogP contribution in [0.3, 0.4) is 0 Å². The molecule has 5 heteroatoms. The summed E-state index contributed by atoms with van der Waals surface area (Å²) in [6.45, 7) is 6.71.